The van der Waals surface area contributed by atoms with Gasteiger partial charge < -0.3 is 15.4 Å². The van der Waals surface area contributed by atoms with Gasteiger partial charge in [-0.3, -0.25) is 14.4 Å². The second-order valence-corrected chi connectivity index (χ2v) is 5.49. The Morgan fingerprint density at radius 2 is 1.95 bits per heavy atom. The third-order valence-corrected chi connectivity index (χ3v) is 3.08. The number of para-hydroxylation sites is 1. The van der Waals surface area contributed by atoms with E-state index < -0.39 is 17.4 Å². The summed E-state index contributed by atoms with van der Waals surface area (Å²) in [6.07, 6.45) is 1.11. The second-order valence-electron chi connectivity index (χ2n) is 5.49. The highest BCUT2D eigenvalue weighted by Crippen LogP contribution is 2.11. The van der Waals surface area contributed by atoms with E-state index >= 15 is 0 Å². The first-order valence-electron chi connectivity index (χ1n) is 6.45. The molecule has 21 heavy (non-hydrogen) atoms. The van der Waals surface area contributed by atoms with Gasteiger partial charge in [0.25, 0.3) is 5.91 Å². The molecule has 0 aliphatic carbocycles. The summed E-state index contributed by atoms with van der Waals surface area (Å²) in [5.74, 6) is -1.61. The van der Waals surface area contributed by atoms with Crippen molar-refractivity contribution in [2.75, 3.05) is 0 Å². The molecule has 3 N–H and O–H groups in total. The van der Waals surface area contributed by atoms with Gasteiger partial charge in [-0.2, -0.15) is 0 Å². The number of rotatable bonds is 4. The zero-order chi connectivity index (χ0) is 15.6. The number of benzene rings is 1. The number of fused-ring (bicyclic) bond motifs is 1. The summed E-state index contributed by atoms with van der Waals surface area (Å²) >= 11 is 0. The minimum atomic E-state index is -1.02. The monoisotopic (exact) mass is 288 g/mol. The molecule has 0 fully saturated rings. The number of hydrogen-bond acceptors (Lipinski definition) is 3. The van der Waals surface area contributed by atoms with E-state index in [9.17, 15) is 14.4 Å². The van der Waals surface area contributed by atoms with E-state index in [2.05, 4.69) is 10.3 Å². The van der Waals surface area contributed by atoms with Crippen molar-refractivity contribution < 1.29 is 14.7 Å². The molecule has 0 radical (unpaired) electrons. The van der Waals surface area contributed by atoms with Crippen LogP contribution in [0.4, 0.5) is 0 Å². The van der Waals surface area contributed by atoms with Gasteiger partial charge >= 0.3 is 5.97 Å². The van der Waals surface area contributed by atoms with Crippen molar-refractivity contribution in [3.8, 4) is 0 Å². The second kappa shape index (κ2) is 5.40. The van der Waals surface area contributed by atoms with E-state index in [1.165, 1.54) is 6.20 Å². The van der Waals surface area contributed by atoms with E-state index in [0.717, 1.165) is 0 Å². The lowest BCUT2D eigenvalue weighted by Gasteiger charge is -2.24. The number of carbonyl (C=O) groups is 2. The summed E-state index contributed by atoms with van der Waals surface area (Å²) in [6, 6.07) is 6.88. The van der Waals surface area contributed by atoms with Crippen molar-refractivity contribution in [3.05, 3.63) is 46.2 Å². The van der Waals surface area contributed by atoms with Crippen LogP contribution in [0.2, 0.25) is 0 Å². The molecule has 6 nitrogen and oxygen atoms in total. The molecule has 1 aromatic heterocycles. The average Bonchev–Trinajstić information content (AvgIpc) is 2.37. The highest BCUT2D eigenvalue weighted by molar-refractivity contribution is 5.97. The number of H-pyrrole nitrogens is 1. The van der Waals surface area contributed by atoms with Gasteiger partial charge in [-0.05, 0) is 26.0 Å². The normalized spacial score (nSPS) is 11.3. The molecule has 0 aliphatic rings. The lowest BCUT2D eigenvalue weighted by Crippen LogP contribution is -2.46. The molecule has 6 heteroatoms. The smallest absolute Gasteiger partial charge is 0.305 e. The summed E-state index contributed by atoms with van der Waals surface area (Å²) in [5, 5.41) is 11.8. The van der Waals surface area contributed by atoms with Crippen LogP contribution < -0.4 is 10.7 Å². The number of aromatic amines is 1. The molecule has 0 spiro atoms. The first-order valence-corrected chi connectivity index (χ1v) is 6.45. The Kier molecular flexibility index (Phi) is 3.80. The van der Waals surface area contributed by atoms with Crippen molar-refractivity contribution >= 4 is 22.8 Å². The predicted octanol–water partition coefficient (Wildman–Crippen LogP) is 1.51. The molecule has 0 bridgehead atoms. The highest BCUT2D eigenvalue weighted by atomic mass is 16.4. The van der Waals surface area contributed by atoms with Crippen molar-refractivity contribution in [2.45, 2.75) is 25.8 Å². The largest absolute Gasteiger partial charge is 0.481 e. The van der Waals surface area contributed by atoms with Gasteiger partial charge in [0, 0.05) is 22.6 Å². The molecular weight excluding hydrogens is 272 g/mol. The number of hydrogen-bond donors (Lipinski definition) is 3. The highest BCUT2D eigenvalue weighted by Gasteiger charge is 2.25. The quantitative estimate of drug-likeness (QED) is 0.794. The summed E-state index contributed by atoms with van der Waals surface area (Å²) in [7, 11) is 0. The van der Waals surface area contributed by atoms with E-state index in [4.69, 9.17) is 5.11 Å². The van der Waals surface area contributed by atoms with Crippen LogP contribution in [0.25, 0.3) is 10.9 Å². The topological polar surface area (TPSA) is 99.3 Å². The number of pyridine rings is 1. The molecule has 1 heterocycles. The maximum Gasteiger partial charge on any atom is 0.305 e. The predicted molar refractivity (Wildman–Crippen MR) is 78.4 cm³/mol. The minimum Gasteiger partial charge on any atom is -0.481 e. The first kappa shape index (κ1) is 14.8. The Morgan fingerprint density at radius 1 is 1.29 bits per heavy atom. The Hall–Kier alpha value is -2.63. The fourth-order valence-corrected chi connectivity index (χ4v) is 2.13. The summed E-state index contributed by atoms with van der Waals surface area (Å²) < 4.78 is 0. The van der Waals surface area contributed by atoms with Crippen LogP contribution in [0.5, 0.6) is 0 Å². The average molecular weight is 288 g/mol. The molecule has 2 aromatic rings. The molecule has 0 unspecified atom stereocenters. The van der Waals surface area contributed by atoms with Crippen molar-refractivity contribution in [2.24, 2.45) is 0 Å². The van der Waals surface area contributed by atoms with Gasteiger partial charge in [-0.15, -0.1) is 0 Å². The molecule has 110 valence electrons. The molecule has 1 amide bonds. The molecule has 0 atom stereocenters. The number of carbonyl (C=O) groups excluding carboxylic acids is 1. The number of aliphatic carboxylic acids is 1. The Bertz CT molecular complexity index is 762. The Morgan fingerprint density at radius 3 is 2.62 bits per heavy atom. The van der Waals surface area contributed by atoms with Crippen LogP contribution in [0.3, 0.4) is 0 Å². The van der Waals surface area contributed by atoms with Crippen LogP contribution in [-0.4, -0.2) is 27.5 Å². The summed E-state index contributed by atoms with van der Waals surface area (Å²) in [6.45, 7) is 3.18. The first-order chi connectivity index (χ1) is 9.80. The van der Waals surface area contributed by atoms with E-state index in [1.807, 2.05) is 0 Å². The SMILES string of the molecule is CC(C)(CC(=O)O)NC(=O)c1c[nH]c2ccccc2c1=O. The van der Waals surface area contributed by atoms with E-state index in [1.54, 1.807) is 38.1 Å². The minimum absolute atomic E-state index is 0.0350. The fraction of sp³-hybridized carbons (Fsp3) is 0.267. The van der Waals surface area contributed by atoms with E-state index in [0.29, 0.717) is 10.9 Å². The number of carboxylic acid groups (broad SMARTS) is 1. The summed E-state index contributed by atoms with van der Waals surface area (Å²) in [4.78, 5) is 38.1. The zero-order valence-corrected chi connectivity index (χ0v) is 11.8. The van der Waals surface area contributed by atoms with Gasteiger partial charge in [0.1, 0.15) is 5.56 Å². The molecule has 0 saturated heterocycles. The van der Waals surface area contributed by atoms with Crippen molar-refractivity contribution in [3.63, 3.8) is 0 Å². The summed E-state index contributed by atoms with van der Waals surface area (Å²) in [5.41, 5.74) is -0.718. The number of aromatic nitrogens is 1. The van der Waals surface area contributed by atoms with Crippen LogP contribution in [0, 0.1) is 0 Å². The lowest BCUT2D eigenvalue weighted by molar-refractivity contribution is -0.138. The lowest BCUT2D eigenvalue weighted by atomic mass is 10.00. The van der Waals surface area contributed by atoms with Crippen LogP contribution in [-0.2, 0) is 4.79 Å². The van der Waals surface area contributed by atoms with Gasteiger partial charge in [0.15, 0.2) is 0 Å². The number of carboxylic acids is 1. The van der Waals surface area contributed by atoms with Gasteiger partial charge in [0.05, 0.1) is 6.42 Å². The van der Waals surface area contributed by atoms with Crippen LogP contribution >= 0.6 is 0 Å². The molecular formula is C15H16N2O4. The zero-order valence-electron chi connectivity index (χ0n) is 11.8. The van der Waals surface area contributed by atoms with Crippen LogP contribution in [0.1, 0.15) is 30.6 Å². The van der Waals surface area contributed by atoms with Gasteiger partial charge in [-0.25, -0.2) is 0 Å². The maximum absolute atomic E-state index is 12.3. The van der Waals surface area contributed by atoms with Gasteiger partial charge in [-0.1, -0.05) is 12.1 Å². The third kappa shape index (κ3) is 3.28. The van der Waals surface area contributed by atoms with Crippen LogP contribution in [0.15, 0.2) is 35.3 Å². The Labute approximate surface area is 120 Å². The van der Waals surface area contributed by atoms with Crippen molar-refractivity contribution in [1.29, 1.82) is 0 Å². The molecule has 0 aliphatic heterocycles. The van der Waals surface area contributed by atoms with Gasteiger partial charge in [0.2, 0.25) is 5.43 Å². The molecule has 2 rings (SSSR count). The fourth-order valence-electron chi connectivity index (χ4n) is 2.13. The van der Waals surface area contributed by atoms with E-state index in [-0.39, 0.29) is 17.4 Å². The number of amides is 1. The standard InChI is InChI=1S/C15H16N2O4/c1-15(2,7-12(18)19)17-14(21)10-8-16-11-6-4-3-5-9(11)13(10)20/h3-6,8H,7H2,1-2H3,(H,16,20)(H,17,21)(H,18,19). The third-order valence-electron chi connectivity index (χ3n) is 3.08. The molecule has 1 aromatic carbocycles. The molecule has 0 saturated carbocycles. The van der Waals surface area contributed by atoms with Crippen molar-refractivity contribution in [1.82, 2.24) is 10.3 Å². The number of nitrogens with one attached hydrogen (secondary N) is 2. The maximum atomic E-state index is 12.3. The Balaban J connectivity index is 2.34.